The average Bonchev–Trinajstić information content (AvgIpc) is 2.26. The Balaban J connectivity index is 3.10. The van der Waals surface area contributed by atoms with E-state index >= 15 is 0 Å². The molecule has 0 aliphatic carbocycles. The van der Waals surface area contributed by atoms with E-state index in [0.717, 1.165) is 21.1 Å². The molecule has 0 saturated carbocycles. The molecule has 1 aromatic rings. The minimum Gasteiger partial charge on any atom is -0.389 e. The van der Waals surface area contributed by atoms with Gasteiger partial charge in [-0.1, -0.05) is 36.4 Å². The molecule has 0 spiro atoms. The number of benzene rings is 1. The fraction of sp³-hybridized carbons (Fsp3) is 0.231. The lowest BCUT2D eigenvalue weighted by Gasteiger charge is -2.12. The van der Waals surface area contributed by atoms with Gasteiger partial charge >= 0.3 is 0 Å². The summed E-state index contributed by atoms with van der Waals surface area (Å²) in [6.45, 7) is 5.50. The topological polar surface area (TPSA) is 20.2 Å². The highest BCUT2D eigenvalue weighted by Gasteiger charge is 2.09. The van der Waals surface area contributed by atoms with Crippen LogP contribution in [-0.4, -0.2) is 11.2 Å². The van der Waals surface area contributed by atoms with Crippen LogP contribution in [0, 0.1) is 0 Å². The van der Waals surface area contributed by atoms with E-state index in [9.17, 15) is 5.11 Å². The van der Waals surface area contributed by atoms with Crippen molar-refractivity contribution in [1.82, 2.24) is 0 Å². The number of allylic oxidation sites excluding steroid dienone is 1. The molecule has 0 bridgehead atoms. The normalized spacial score (nSPS) is 14.3. The van der Waals surface area contributed by atoms with Crippen LogP contribution in [0.15, 0.2) is 48.6 Å². The van der Waals surface area contributed by atoms with Crippen LogP contribution in [0.2, 0.25) is 0 Å². The summed E-state index contributed by atoms with van der Waals surface area (Å²) in [6.07, 6.45) is 2.13. The van der Waals surface area contributed by atoms with Gasteiger partial charge in [0.2, 0.25) is 0 Å². The SMILES string of the molecule is C=CC/C(=C(/I)c1ccccc1)C(C)O. The highest BCUT2D eigenvalue weighted by atomic mass is 127. The molecule has 1 unspecified atom stereocenters. The molecule has 0 heterocycles. The van der Waals surface area contributed by atoms with Crippen molar-refractivity contribution < 1.29 is 5.11 Å². The zero-order valence-electron chi connectivity index (χ0n) is 8.78. The first kappa shape index (κ1) is 12.5. The monoisotopic (exact) mass is 314 g/mol. The van der Waals surface area contributed by atoms with Gasteiger partial charge < -0.3 is 5.11 Å². The second kappa shape index (κ2) is 6.08. The zero-order valence-corrected chi connectivity index (χ0v) is 10.9. The Labute approximate surface area is 105 Å². The third-order valence-electron chi connectivity index (χ3n) is 2.18. The van der Waals surface area contributed by atoms with Crippen LogP contribution in [0.5, 0.6) is 0 Å². The fourth-order valence-corrected chi connectivity index (χ4v) is 2.40. The third kappa shape index (κ3) is 3.47. The molecule has 0 aliphatic rings. The Hall–Kier alpha value is -0.610. The number of aliphatic hydroxyl groups is 1. The summed E-state index contributed by atoms with van der Waals surface area (Å²) >= 11 is 2.28. The molecule has 1 N–H and O–H groups in total. The highest BCUT2D eigenvalue weighted by Crippen LogP contribution is 2.29. The van der Waals surface area contributed by atoms with Crippen molar-refractivity contribution in [2.24, 2.45) is 0 Å². The van der Waals surface area contributed by atoms with Crippen molar-refractivity contribution in [2.75, 3.05) is 0 Å². The van der Waals surface area contributed by atoms with E-state index in [4.69, 9.17) is 0 Å². The predicted octanol–water partition coefficient (Wildman–Crippen LogP) is 3.79. The standard InChI is InChI=1S/C13H15IO/c1-3-7-12(10(2)15)13(14)11-8-5-4-6-9-11/h3-6,8-10,15H,1,7H2,2H3/b13-12-. The maximum absolute atomic E-state index is 9.66. The summed E-state index contributed by atoms with van der Waals surface area (Å²) in [5, 5.41) is 9.66. The molecule has 1 nitrogen and oxygen atoms in total. The maximum Gasteiger partial charge on any atom is 0.0738 e. The van der Waals surface area contributed by atoms with Crippen LogP contribution >= 0.6 is 22.6 Å². The van der Waals surface area contributed by atoms with E-state index in [1.165, 1.54) is 0 Å². The number of rotatable bonds is 4. The Morgan fingerprint density at radius 3 is 2.53 bits per heavy atom. The first-order valence-corrected chi connectivity index (χ1v) is 5.97. The van der Waals surface area contributed by atoms with E-state index in [0.29, 0.717) is 0 Å². The average molecular weight is 314 g/mol. The van der Waals surface area contributed by atoms with Gasteiger partial charge in [0.25, 0.3) is 0 Å². The Morgan fingerprint density at radius 2 is 2.07 bits per heavy atom. The second-order valence-electron chi connectivity index (χ2n) is 3.37. The summed E-state index contributed by atoms with van der Waals surface area (Å²) in [4.78, 5) is 0. The van der Waals surface area contributed by atoms with Crippen LogP contribution in [0.3, 0.4) is 0 Å². The van der Waals surface area contributed by atoms with E-state index in [1.807, 2.05) is 36.4 Å². The van der Waals surface area contributed by atoms with Crippen molar-refractivity contribution in [2.45, 2.75) is 19.4 Å². The molecular formula is C13H15IO. The van der Waals surface area contributed by atoms with Crippen molar-refractivity contribution in [3.05, 3.63) is 54.1 Å². The van der Waals surface area contributed by atoms with Crippen molar-refractivity contribution in [3.63, 3.8) is 0 Å². The lowest BCUT2D eigenvalue weighted by Crippen LogP contribution is -2.05. The van der Waals surface area contributed by atoms with Gasteiger partial charge in [0.1, 0.15) is 0 Å². The quantitative estimate of drug-likeness (QED) is 0.662. The minimum absolute atomic E-state index is 0.421. The lowest BCUT2D eigenvalue weighted by molar-refractivity contribution is 0.230. The molecule has 2 heteroatoms. The molecule has 1 rings (SSSR count). The van der Waals surface area contributed by atoms with E-state index in [1.54, 1.807) is 6.92 Å². The van der Waals surface area contributed by atoms with Crippen LogP contribution in [0.4, 0.5) is 0 Å². The van der Waals surface area contributed by atoms with Gasteiger partial charge in [-0.15, -0.1) is 6.58 Å². The van der Waals surface area contributed by atoms with Gasteiger partial charge in [0.05, 0.1) is 6.10 Å². The summed E-state index contributed by atoms with van der Waals surface area (Å²) in [5.74, 6) is 0. The van der Waals surface area contributed by atoms with Gasteiger partial charge in [0.15, 0.2) is 0 Å². The zero-order chi connectivity index (χ0) is 11.3. The molecule has 1 aromatic carbocycles. The molecule has 0 saturated heterocycles. The van der Waals surface area contributed by atoms with Crippen LogP contribution < -0.4 is 0 Å². The van der Waals surface area contributed by atoms with Gasteiger partial charge in [-0.25, -0.2) is 0 Å². The summed E-state index contributed by atoms with van der Waals surface area (Å²) in [6, 6.07) is 10.1. The van der Waals surface area contributed by atoms with Crippen LogP contribution in [0.1, 0.15) is 18.9 Å². The smallest absolute Gasteiger partial charge is 0.0738 e. The van der Waals surface area contributed by atoms with E-state index in [2.05, 4.69) is 29.2 Å². The molecule has 0 aromatic heterocycles. The van der Waals surface area contributed by atoms with Crippen molar-refractivity contribution in [3.8, 4) is 0 Å². The molecule has 0 radical (unpaired) electrons. The third-order valence-corrected chi connectivity index (χ3v) is 3.49. The van der Waals surface area contributed by atoms with E-state index in [-0.39, 0.29) is 0 Å². The summed E-state index contributed by atoms with van der Waals surface area (Å²) < 4.78 is 1.11. The molecule has 0 aliphatic heterocycles. The number of hydrogen-bond donors (Lipinski definition) is 1. The highest BCUT2D eigenvalue weighted by molar-refractivity contribution is 14.1. The summed E-state index contributed by atoms with van der Waals surface area (Å²) in [7, 11) is 0. The molecule has 0 amide bonds. The first-order valence-electron chi connectivity index (χ1n) is 4.89. The van der Waals surface area contributed by atoms with Gasteiger partial charge in [0, 0.05) is 3.58 Å². The van der Waals surface area contributed by atoms with Crippen LogP contribution in [-0.2, 0) is 0 Å². The maximum atomic E-state index is 9.66. The second-order valence-corrected chi connectivity index (χ2v) is 4.45. The summed E-state index contributed by atoms with van der Waals surface area (Å²) in [5.41, 5.74) is 2.17. The molecular weight excluding hydrogens is 299 g/mol. The van der Waals surface area contributed by atoms with Gasteiger partial charge in [-0.2, -0.15) is 0 Å². The Bertz CT molecular complexity index is 352. The van der Waals surface area contributed by atoms with Gasteiger partial charge in [-0.05, 0) is 47.1 Å². The molecule has 15 heavy (non-hydrogen) atoms. The number of aliphatic hydroxyl groups excluding tert-OH is 1. The lowest BCUT2D eigenvalue weighted by atomic mass is 10.0. The van der Waals surface area contributed by atoms with Crippen molar-refractivity contribution in [1.29, 1.82) is 0 Å². The molecule has 1 atom stereocenters. The largest absolute Gasteiger partial charge is 0.389 e. The Morgan fingerprint density at radius 1 is 1.47 bits per heavy atom. The van der Waals surface area contributed by atoms with Crippen molar-refractivity contribution >= 4 is 26.2 Å². The predicted molar refractivity (Wildman–Crippen MR) is 73.9 cm³/mol. The number of hydrogen-bond acceptors (Lipinski definition) is 1. The fourth-order valence-electron chi connectivity index (χ4n) is 1.37. The van der Waals surface area contributed by atoms with Gasteiger partial charge in [-0.3, -0.25) is 0 Å². The minimum atomic E-state index is -0.421. The van der Waals surface area contributed by atoms with E-state index < -0.39 is 6.10 Å². The molecule has 80 valence electrons. The molecule has 0 fully saturated rings. The Kier molecular flexibility index (Phi) is 5.05. The number of halogens is 1. The van der Waals surface area contributed by atoms with Crippen LogP contribution in [0.25, 0.3) is 3.58 Å². The first-order chi connectivity index (χ1) is 7.16.